The molecular weight excluding hydrogens is 718 g/mol. The number of carbonyl (C=O) groups excluding carboxylic acids is 7. The Kier molecular flexibility index (Phi) is 23.5. The summed E-state index contributed by atoms with van der Waals surface area (Å²) >= 11 is 0. The highest BCUT2D eigenvalue weighted by Crippen LogP contribution is 2.17. The minimum atomic E-state index is -1.27. The lowest BCUT2D eigenvalue weighted by Gasteiger charge is -2.35. The quantitative estimate of drug-likeness (QED) is 0.0760. The average Bonchev–Trinajstić information content (AvgIpc) is 3.15. The normalized spacial score (nSPS) is 15.7. The summed E-state index contributed by atoms with van der Waals surface area (Å²) in [4.78, 5) is 99.1. The number of nitrogens with zero attached hydrogens (tertiary/aromatic N) is 4. The molecule has 0 radical (unpaired) electrons. The first-order valence-electron chi connectivity index (χ1n) is 20.2. The highest BCUT2D eigenvalue weighted by atomic mass is 16.3. The van der Waals surface area contributed by atoms with Crippen molar-refractivity contribution in [2.45, 2.75) is 151 Å². The minimum Gasteiger partial charge on any atom is -0.390 e. The Morgan fingerprint density at radius 1 is 0.750 bits per heavy atom. The van der Waals surface area contributed by atoms with Crippen molar-refractivity contribution in [3.63, 3.8) is 0 Å². The Morgan fingerprint density at radius 3 is 1.80 bits per heavy atom. The molecule has 0 bridgehead atoms. The molecular formula is C41H75N7O8. The largest absolute Gasteiger partial charge is 0.390 e. The van der Waals surface area contributed by atoms with E-state index in [9.17, 15) is 38.7 Å². The molecule has 15 heteroatoms. The molecule has 0 aromatic carbocycles. The molecule has 322 valence electrons. The van der Waals surface area contributed by atoms with E-state index >= 15 is 0 Å². The fourth-order valence-corrected chi connectivity index (χ4v) is 5.97. The number of hydrogen-bond acceptors (Lipinski definition) is 8. The molecule has 0 spiro atoms. The van der Waals surface area contributed by atoms with Gasteiger partial charge in [0.15, 0.2) is 0 Å². The zero-order valence-electron chi connectivity index (χ0n) is 36.8. The summed E-state index contributed by atoms with van der Waals surface area (Å²) in [6.45, 7) is 23.8. The fourth-order valence-electron chi connectivity index (χ4n) is 5.97. The van der Waals surface area contributed by atoms with E-state index < -0.39 is 65.8 Å². The number of aliphatic hydroxyl groups excluding tert-OH is 1. The van der Waals surface area contributed by atoms with Crippen LogP contribution in [0.4, 0.5) is 0 Å². The fraction of sp³-hybridized carbons (Fsp3) is 0.780. The van der Waals surface area contributed by atoms with Gasteiger partial charge in [0, 0.05) is 33.7 Å². The standard InChI is InChI=1S/C41H75N7O8/c1-16-19-20-48(23-33(50)42-31(21-25(4)5)37(52)44-34(29(11)18-3)41(56)46(14)27(8)9)39(54)30(12)47(15)40(55)32(22-28(10)17-2)43-38(53)35(45(13)24-49)36(51)26(6)7/h17,24-32,34-36,51H,2,16,18-23H2,1,3-15H3,(H,42,50)(H,43,53)(H,44,52). The van der Waals surface area contributed by atoms with Gasteiger partial charge in [-0.15, -0.1) is 6.58 Å². The molecule has 0 saturated heterocycles. The topological polar surface area (TPSA) is 189 Å². The second kappa shape index (κ2) is 25.3. The monoisotopic (exact) mass is 794 g/mol. The minimum absolute atomic E-state index is 0.0136. The molecule has 0 saturated carbocycles. The van der Waals surface area contributed by atoms with Crippen LogP contribution in [0.1, 0.15) is 108 Å². The van der Waals surface area contributed by atoms with Gasteiger partial charge in [0.05, 0.1) is 12.6 Å². The van der Waals surface area contributed by atoms with E-state index in [0.29, 0.717) is 25.7 Å². The zero-order chi connectivity index (χ0) is 43.6. The van der Waals surface area contributed by atoms with Gasteiger partial charge in [-0.1, -0.05) is 74.3 Å². The second-order valence-corrected chi connectivity index (χ2v) is 16.4. The third kappa shape index (κ3) is 16.2. The van der Waals surface area contributed by atoms with Gasteiger partial charge in [-0.05, 0) is 63.7 Å². The predicted molar refractivity (Wildman–Crippen MR) is 219 cm³/mol. The summed E-state index contributed by atoms with van der Waals surface area (Å²) in [6.07, 6.45) is 3.21. The van der Waals surface area contributed by atoms with E-state index in [1.54, 1.807) is 31.9 Å². The third-order valence-corrected chi connectivity index (χ3v) is 10.5. The number of unbranched alkanes of at least 4 members (excludes halogenated alkanes) is 1. The van der Waals surface area contributed by atoms with Gasteiger partial charge >= 0.3 is 0 Å². The molecule has 0 aromatic heterocycles. The molecule has 0 aliphatic carbocycles. The van der Waals surface area contributed by atoms with E-state index in [1.165, 1.54) is 30.8 Å². The first-order chi connectivity index (χ1) is 26.0. The van der Waals surface area contributed by atoms with Crippen molar-refractivity contribution in [3.8, 4) is 0 Å². The highest BCUT2D eigenvalue weighted by Gasteiger charge is 2.38. The number of likely N-dealkylation sites (N-methyl/N-ethyl adjacent to an activating group) is 3. The summed E-state index contributed by atoms with van der Waals surface area (Å²) in [6, 6.07) is -5.29. The molecule has 15 nitrogen and oxygen atoms in total. The molecule has 0 aliphatic rings. The summed E-state index contributed by atoms with van der Waals surface area (Å²) in [7, 11) is 4.50. The van der Waals surface area contributed by atoms with Crippen molar-refractivity contribution in [1.82, 2.24) is 35.6 Å². The Hall–Kier alpha value is -4.01. The van der Waals surface area contributed by atoms with Crippen LogP contribution in [0.25, 0.3) is 0 Å². The molecule has 0 aromatic rings. The third-order valence-electron chi connectivity index (χ3n) is 10.5. The van der Waals surface area contributed by atoms with Crippen LogP contribution in [0.2, 0.25) is 0 Å². The number of amides is 7. The maximum atomic E-state index is 14.0. The molecule has 0 fully saturated rings. The Balaban J connectivity index is 6.36. The van der Waals surface area contributed by atoms with Gasteiger partial charge in [0.2, 0.25) is 41.9 Å². The van der Waals surface area contributed by atoms with E-state index in [1.807, 2.05) is 55.4 Å². The van der Waals surface area contributed by atoms with Crippen molar-refractivity contribution in [2.24, 2.45) is 23.7 Å². The van der Waals surface area contributed by atoms with Gasteiger partial charge in [-0.3, -0.25) is 33.6 Å². The molecule has 8 unspecified atom stereocenters. The summed E-state index contributed by atoms with van der Waals surface area (Å²) in [5.74, 6) is -3.84. The van der Waals surface area contributed by atoms with Crippen molar-refractivity contribution < 1.29 is 38.7 Å². The van der Waals surface area contributed by atoms with Gasteiger partial charge in [-0.2, -0.15) is 0 Å². The average molecular weight is 794 g/mol. The van der Waals surface area contributed by atoms with Crippen LogP contribution in [0.5, 0.6) is 0 Å². The number of rotatable bonds is 26. The van der Waals surface area contributed by atoms with Gasteiger partial charge in [-0.25, -0.2) is 0 Å². The second-order valence-electron chi connectivity index (χ2n) is 16.4. The maximum Gasteiger partial charge on any atom is 0.246 e. The molecule has 4 N–H and O–H groups in total. The van der Waals surface area contributed by atoms with Crippen LogP contribution in [-0.4, -0.2) is 143 Å². The summed E-state index contributed by atoms with van der Waals surface area (Å²) in [5, 5.41) is 19.2. The van der Waals surface area contributed by atoms with Gasteiger partial charge < -0.3 is 40.7 Å². The first kappa shape index (κ1) is 52.0. The van der Waals surface area contributed by atoms with E-state index in [-0.39, 0.29) is 55.1 Å². The maximum absolute atomic E-state index is 14.0. The van der Waals surface area contributed by atoms with Crippen LogP contribution in [0.15, 0.2) is 12.7 Å². The molecule has 8 atom stereocenters. The summed E-state index contributed by atoms with van der Waals surface area (Å²) < 4.78 is 0. The smallest absolute Gasteiger partial charge is 0.246 e. The number of carbonyl (C=O) groups is 7. The number of nitrogens with one attached hydrogen (secondary N) is 3. The molecule has 0 heterocycles. The van der Waals surface area contributed by atoms with Crippen molar-refractivity contribution in [1.29, 1.82) is 0 Å². The van der Waals surface area contributed by atoms with Crippen molar-refractivity contribution in [2.75, 3.05) is 34.2 Å². The number of allylic oxidation sites excluding steroid dienone is 1. The molecule has 0 aliphatic heterocycles. The number of hydrogen-bond donors (Lipinski definition) is 4. The Bertz CT molecular complexity index is 1310. The van der Waals surface area contributed by atoms with Crippen molar-refractivity contribution >= 4 is 41.9 Å². The highest BCUT2D eigenvalue weighted by molar-refractivity contribution is 5.96. The van der Waals surface area contributed by atoms with Crippen LogP contribution in [0.3, 0.4) is 0 Å². The van der Waals surface area contributed by atoms with Crippen LogP contribution < -0.4 is 16.0 Å². The predicted octanol–water partition coefficient (Wildman–Crippen LogP) is 2.56. The van der Waals surface area contributed by atoms with E-state index in [2.05, 4.69) is 22.5 Å². The first-order valence-corrected chi connectivity index (χ1v) is 20.2. The lowest BCUT2D eigenvalue weighted by molar-refractivity contribution is -0.148. The SMILES string of the molecule is C=CC(C)CC(NC(=O)C(C(O)C(C)C)N(C)C=O)C(=O)N(C)C(C)C(=O)N(CCCC)CC(=O)NC(CC(C)C)C(=O)NC(C(=O)N(C)C(C)C)C(C)CC. The lowest BCUT2D eigenvalue weighted by atomic mass is 9.96. The molecule has 0 rings (SSSR count). The van der Waals surface area contributed by atoms with Crippen molar-refractivity contribution in [3.05, 3.63) is 12.7 Å². The van der Waals surface area contributed by atoms with Crippen LogP contribution in [0, 0.1) is 23.7 Å². The Morgan fingerprint density at radius 2 is 1.34 bits per heavy atom. The van der Waals surface area contributed by atoms with E-state index in [4.69, 9.17) is 0 Å². The van der Waals surface area contributed by atoms with Crippen LogP contribution in [-0.2, 0) is 33.6 Å². The molecule has 56 heavy (non-hydrogen) atoms. The van der Waals surface area contributed by atoms with Gasteiger partial charge in [0.25, 0.3) is 0 Å². The number of aliphatic hydroxyl groups is 1. The molecule has 7 amide bonds. The Labute approximate surface area is 336 Å². The lowest BCUT2D eigenvalue weighted by Crippen LogP contribution is -2.60. The van der Waals surface area contributed by atoms with Gasteiger partial charge in [0.1, 0.15) is 30.2 Å². The summed E-state index contributed by atoms with van der Waals surface area (Å²) in [5.41, 5.74) is 0. The zero-order valence-corrected chi connectivity index (χ0v) is 36.8. The van der Waals surface area contributed by atoms with Crippen LogP contribution >= 0.6 is 0 Å². The van der Waals surface area contributed by atoms with E-state index in [0.717, 1.165) is 11.3 Å².